The topological polar surface area (TPSA) is 90.1 Å². The quantitative estimate of drug-likeness (QED) is 0.683. The molecule has 5 rings (SSSR count). The highest BCUT2D eigenvalue weighted by atomic mass is 16.6. The Hall–Kier alpha value is -1.92. The van der Waals surface area contributed by atoms with Crippen LogP contribution >= 0.6 is 0 Å². The molecule has 1 amide bonds. The van der Waals surface area contributed by atoms with Crippen molar-refractivity contribution in [2.45, 2.75) is 45.1 Å². The predicted molar refractivity (Wildman–Crippen MR) is 82.9 cm³/mol. The summed E-state index contributed by atoms with van der Waals surface area (Å²) in [7, 11) is 1.59. The van der Waals surface area contributed by atoms with Crippen molar-refractivity contribution < 1.29 is 9.72 Å². The lowest BCUT2D eigenvalue weighted by atomic mass is 9.54. The zero-order chi connectivity index (χ0) is 16.3. The van der Waals surface area contributed by atoms with Crippen LogP contribution in [0.2, 0.25) is 0 Å². The van der Waals surface area contributed by atoms with E-state index in [2.05, 4.69) is 10.4 Å². The van der Waals surface area contributed by atoms with Crippen LogP contribution < -0.4 is 5.32 Å². The summed E-state index contributed by atoms with van der Waals surface area (Å²) >= 11 is 0. The Morgan fingerprint density at radius 1 is 1.22 bits per heavy atom. The first-order chi connectivity index (χ1) is 10.9. The highest BCUT2D eigenvalue weighted by Crippen LogP contribution is 2.53. The van der Waals surface area contributed by atoms with Crippen molar-refractivity contribution in [2.75, 3.05) is 0 Å². The first-order valence-corrected chi connectivity index (χ1v) is 8.43. The Labute approximate surface area is 134 Å². The maximum absolute atomic E-state index is 12.7. The number of rotatable bonds is 3. The van der Waals surface area contributed by atoms with Gasteiger partial charge in [-0.05, 0) is 62.7 Å². The lowest BCUT2D eigenvalue weighted by Crippen LogP contribution is -2.56. The van der Waals surface area contributed by atoms with Crippen molar-refractivity contribution in [1.29, 1.82) is 0 Å². The molecule has 0 atom stereocenters. The molecule has 4 aliphatic carbocycles. The molecule has 4 fully saturated rings. The van der Waals surface area contributed by atoms with E-state index >= 15 is 0 Å². The summed E-state index contributed by atoms with van der Waals surface area (Å²) in [6.45, 7) is 1.57. The van der Waals surface area contributed by atoms with Crippen LogP contribution in [0.3, 0.4) is 0 Å². The lowest BCUT2D eigenvalue weighted by molar-refractivity contribution is -0.385. The van der Waals surface area contributed by atoms with Gasteiger partial charge in [0.15, 0.2) is 0 Å². The zero-order valence-corrected chi connectivity index (χ0v) is 13.5. The van der Waals surface area contributed by atoms with Crippen LogP contribution in [0.25, 0.3) is 0 Å². The van der Waals surface area contributed by atoms with Crippen LogP contribution in [0.5, 0.6) is 0 Å². The van der Waals surface area contributed by atoms with Crippen molar-refractivity contribution in [2.24, 2.45) is 30.7 Å². The van der Waals surface area contributed by atoms with Crippen LogP contribution in [-0.4, -0.2) is 26.7 Å². The molecule has 0 radical (unpaired) electrons. The number of amides is 1. The maximum Gasteiger partial charge on any atom is 0.322 e. The van der Waals surface area contributed by atoms with Crippen molar-refractivity contribution in [3.05, 3.63) is 21.5 Å². The number of nitro groups is 1. The third kappa shape index (κ3) is 2.24. The molecule has 1 aromatic rings. The summed E-state index contributed by atoms with van der Waals surface area (Å²) in [5.74, 6) is 2.40. The normalized spacial score (nSPS) is 34.6. The Morgan fingerprint density at radius 2 is 1.78 bits per heavy atom. The van der Waals surface area contributed by atoms with Crippen molar-refractivity contribution in [3.8, 4) is 0 Å². The summed E-state index contributed by atoms with van der Waals surface area (Å²) in [4.78, 5) is 23.5. The lowest BCUT2D eigenvalue weighted by Gasteiger charge is -2.54. The molecule has 7 nitrogen and oxygen atoms in total. The minimum absolute atomic E-state index is 0.0707. The monoisotopic (exact) mass is 318 g/mol. The van der Waals surface area contributed by atoms with E-state index in [9.17, 15) is 14.9 Å². The molecule has 4 aliphatic rings. The minimum Gasteiger partial charge on any atom is -0.347 e. The molecular formula is C16H22N4O3. The van der Waals surface area contributed by atoms with Crippen LogP contribution in [0.15, 0.2) is 0 Å². The SMILES string of the molecule is Cc1nn(C)c(C(=O)NC2C3CC4CC(C3)CC2C4)c1[N+](=O)[O-]. The van der Waals surface area contributed by atoms with Crippen LogP contribution in [0.4, 0.5) is 5.69 Å². The van der Waals surface area contributed by atoms with Crippen molar-refractivity contribution in [1.82, 2.24) is 15.1 Å². The van der Waals surface area contributed by atoms with Gasteiger partial charge < -0.3 is 5.32 Å². The van der Waals surface area contributed by atoms with Crippen LogP contribution in [-0.2, 0) is 7.05 Å². The number of nitrogens with zero attached hydrogens (tertiary/aromatic N) is 3. The van der Waals surface area contributed by atoms with E-state index < -0.39 is 4.92 Å². The van der Waals surface area contributed by atoms with E-state index in [0.717, 1.165) is 11.8 Å². The molecule has 4 bridgehead atoms. The first kappa shape index (κ1) is 14.7. The highest BCUT2D eigenvalue weighted by molar-refractivity contribution is 5.97. The van der Waals surface area contributed by atoms with Crippen molar-refractivity contribution >= 4 is 11.6 Å². The van der Waals surface area contributed by atoms with Gasteiger partial charge in [0.1, 0.15) is 5.69 Å². The standard InChI is InChI=1S/C16H22N4O3/c1-8-14(20(22)23)15(19(2)18-8)16(21)17-13-11-4-9-3-10(6-11)7-12(13)5-9/h9-13H,3-7H2,1-2H3,(H,17,21). The second-order valence-electron chi connectivity index (χ2n) is 7.59. The summed E-state index contributed by atoms with van der Waals surface area (Å²) in [6, 6.07) is 0.171. The number of carbonyl (C=O) groups excluding carboxylic acids is 1. The van der Waals surface area contributed by atoms with Gasteiger partial charge in [0.25, 0.3) is 5.91 Å². The summed E-state index contributed by atoms with van der Waals surface area (Å²) < 4.78 is 1.33. The van der Waals surface area contributed by atoms with Gasteiger partial charge >= 0.3 is 5.69 Å². The Bertz CT molecular complexity index is 653. The molecule has 0 saturated heterocycles. The molecule has 124 valence electrons. The van der Waals surface area contributed by atoms with Gasteiger partial charge in [0.2, 0.25) is 5.69 Å². The number of aryl methyl sites for hydroxylation is 2. The van der Waals surface area contributed by atoms with Crippen LogP contribution in [0.1, 0.15) is 48.3 Å². The smallest absolute Gasteiger partial charge is 0.322 e. The van der Waals surface area contributed by atoms with E-state index in [1.54, 1.807) is 14.0 Å². The van der Waals surface area contributed by atoms with E-state index in [1.807, 2.05) is 0 Å². The second kappa shape index (κ2) is 5.04. The second-order valence-corrected chi connectivity index (χ2v) is 7.59. The van der Waals surface area contributed by atoms with E-state index in [4.69, 9.17) is 0 Å². The fraction of sp³-hybridized carbons (Fsp3) is 0.750. The van der Waals surface area contributed by atoms with Crippen molar-refractivity contribution in [3.63, 3.8) is 0 Å². The zero-order valence-electron chi connectivity index (χ0n) is 13.5. The van der Waals surface area contributed by atoms with E-state index in [-0.39, 0.29) is 29.0 Å². The maximum atomic E-state index is 12.7. The molecule has 1 heterocycles. The van der Waals surface area contributed by atoms with Gasteiger partial charge in [0, 0.05) is 13.1 Å². The van der Waals surface area contributed by atoms with Gasteiger partial charge in [-0.1, -0.05) is 0 Å². The van der Waals surface area contributed by atoms with Gasteiger partial charge in [-0.25, -0.2) is 0 Å². The molecule has 1 N–H and O–H groups in total. The third-order valence-electron chi connectivity index (χ3n) is 6.11. The Balaban J connectivity index is 1.58. The molecule has 0 unspecified atom stereocenters. The Kier molecular flexibility index (Phi) is 3.21. The molecule has 7 heteroatoms. The predicted octanol–water partition coefficient (Wildman–Crippen LogP) is 2.19. The number of nitrogens with one attached hydrogen (secondary N) is 1. The molecule has 4 saturated carbocycles. The fourth-order valence-electron chi connectivity index (χ4n) is 5.50. The fourth-order valence-corrected chi connectivity index (χ4v) is 5.50. The minimum atomic E-state index is -0.506. The van der Waals surface area contributed by atoms with E-state index in [1.165, 1.54) is 36.8 Å². The number of carbonyl (C=O) groups is 1. The van der Waals surface area contributed by atoms with Gasteiger partial charge in [-0.2, -0.15) is 5.10 Å². The molecule has 0 spiro atoms. The van der Waals surface area contributed by atoms with Crippen LogP contribution in [0, 0.1) is 40.7 Å². The third-order valence-corrected chi connectivity index (χ3v) is 6.11. The summed E-state index contributed by atoms with van der Waals surface area (Å²) in [6.07, 6.45) is 6.16. The average molecular weight is 318 g/mol. The molecule has 1 aromatic heterocycles. The first-order valence-electron chi connectivity index (χ1n) is 8.43. The molecular weight excluding hydrogens is 296 g/mol. The summed E-state index contributed by atoms with van der Waals surface area (Å²) in [5.41, 5.74) is 0.183. The number of hydrogen-bond acceptors (Lipinski definition) is 4. The average Bonchev–Trinajstić information content (AvgIpc) is 2.76. The van der Waals surface area contributed by atoms with Gasteiger partial charge in [-0.15, -0.1) is 0 Å². The van der Waals surface area contributed by atoms with E-state index in [0.29, 0.717) is 11.8 Å². The van der Waals surface area contributed by atoms with Gasteiger partial charge in [0.05, 0.1) is 4.92 Å². The number of hydrogen-bond donors (Lipinski definition) is 1. The Morgan fingerprint density at radius 3 is 2.30 bits per heavy atom. The highest BCUT2D eigenvalue weighted by Gasteiger charge is 2.49. The molecule has 0 aliphatic heterocycles. The van der Waals surface area contributed by atoms with Gasteiger partial charge in [-0.3, -0.25) is 19.6 Å². The summed E-state index contributed by atoms with van der Waals surface area (Å²) in [5, 5.41) is 18.4. The largest absolute Gasteiger partial charge is 0.347 e. The molecule has 0 aromatic carbocycles. The number of aromatic nitrogens is 2. The molecule has 23 heavy (non-hydrogen) atoms.